The zero-order chi connectivity index (χ0) is 11.7. The summed E-state index contributed by atoms with van der Waals surface area (Å²) in [5.41, 5.74) is 1.96. The van der Waals surface area contributed by atoms with Gasteiger partial charge in [-0.1, -0.05) is 0 Å². The number of nitrogens with one attached hydrogen (secondary N) is 1. The second-order valence-electron chi connectivity index (χ2n) is 4.73. The summed E-state index contributed by atoms with van der Waals surface area (Å²) in [5.74, 6) is 0.162. The highest BCUT2D eigenvalue weighted by Crippen LogP contribution is 2.19. The summed E-state index contributed by atoms with van der Waals surface area (Å²) in [6.45, 7) is 4.38. The van der Waals surface area contributed by atoms with E-state index in [1.54, 1.807) is 6.20 Å². The average Bonchev–Trinajstić information content (AvgIpc) is 2.83. The molecule has 2 aliphatic heterocycles. The monoisotopic (exact) mass is 270 g/mol. The summed E-state index contributed by atoms with van der Waals surface area (Å²) in [6, 6.07) is 0. The topological polar surface area (TPSA) is 50.2 Å². The van der Waals surface area contributed by atoms with E-state index in [9.17, 15) is 4.79 Å². The minimum absolute atomic E-state index is 0. The van der Waals surface area contributed by atoms with E-state index in [1.165, 1.54) is 12.8 Å². The van der Waals surface area contributed by atoms with Gasteiger partial charge in [-0.3, -0.25) is 9.48 Å². The Kier molecular flexibility index (Phi) is 4.24. The average molecular weight is 271 g/mol. The van der Waals surface area contributed by atoms with Crippen LogP contribution in [0.2, 0.25) is 0 Å². The number of hydrogen-bond acceptors (Lipinski definition) is 3. The number of aryl methyl sites for hydroxylation is 1. The molecule has 5 nitrogen and oxygen atoms in total. The van der Waals surface area contributed by atoms with Crippen LogP contribution in [0.3, 0.4) is 0 Å². The lowest BCUT2D eigenvalue weighted by Crippen LogP contribution is -2.46. The molecule has 6 heteroatoms. The molecular formula is C12H19ClN4O. The van der Waals surface area contributed by atoms with Crippen molar-refractivity contribution in [3.63, 3.8) is 0 Å². The highest BCUT2D eigenvalue weighted by atomic mass is 35.5. The van der Waals surface area contributed by atoms with Crippen LogP contribution in [0.1, 0.15) is 28.9 Å². The van der Waals surface area contributed by atoms with Gasteiger partial charge in [0.2, 0.25) is 0 Å². The zero-order valence-electron chi connectivity index (χ0n) is 10.4. The maximum absolute atomic E-state index is 12.4. The summed E-state index contributed by atoms with van der Waals surface area (Å²) in [6.07, 6.45) is 5.10. The number of nitrogens with zero attached hydrogens (tertiary/aromatic N) is 3. The molecule has 1 aromatic heterocycles. The molecule has 0 atom stereocenters. The van der Waals surface area contributed by atoms with Crippen molar-refractivity contribution in [1.29, 1.82) is 0 Å². The van der Waals surface area contributed by atoms with E-state index in [-0.39, 0.29) is 18.3 Å². The van der Waals surface area contributed by atoms with Gasteiger partial charge in [0.15, 0.2) is 0 Å². The quantitative estimate of drug-likeness (QED) is 0.817. The van der Waals surface area contributed by atoms with Crippen molar-refractivity contribution in [2.45, 2.75) is 25.8 Å². The van der Waals surface area contributed by atoms with Crippen molar-refractivity contribution in [2.75, 3.05) is 26.2 Å². The maximum Gasteiger partial charge on any atom is 0.257 e. The predicted molar refractivity (Wildman–Crippen MR) is 71.2 cm³/mol. The Balaban J connectivity index is 0.00000120. The first kappa shape index (κ1) is 13.4. The van der Waals surface area contributed by atoms with Gasteiger partial charge >= 0.3 is 0 Å². The Bertz CT molecular complexity index is 426. The molecule has 3 heterocycles. The summed E-state index contributed by atoms with van der Waals surface area (Å²) >= 11 is 0. The van der Waals surface area contributed by atoms with Crippen LogP contribution in [0.15, 0.2) is 6.20 Å². The fraction of sp³-hybridized carbons (Fsp3) is 0.667. The van der Waals surface area contributed by atoms with Crippen LogP contribution >= 0.6 is 12.4 Å². The zero-order valence-corrected chi connectivity index (χ0v) is 11.2. The molecule has 3 rings (SSSR count). The molecule has 0 unspecified atom stereocenters. The van der Waals surface area contributed by atoms with E-state index in [1.807, 2.05) is 9.58 Å². The number of amides is 1. The lowest BCUT2D eigenvalue weighted by Gasteiger charge is -2.27. The third kappa shape index (κ3) is 2.37. The fourth-order valence-electron chi connectivity index (χ4n) is 2.64. The normalized spacial score (nSPS) is 19.0. The highest BCUT2D eigenvalue weighted by molar-refractivity contribution is 5.95. The Morgan fingerprint density at radius 1 is 1.22 bits per heavy atom. The first-order valence-corrected chi connectivity index (χ1v) is 6.41. The second kappa shape index (κ2) is 5.71. The molecule has 1 amide bonds. The van der Waals surface area contributed by atoms with E-state index in [2.05, 4.69) is 10.4 Å². The van der Waals surface area contributed by atoms with Crippen molar-refractivity contribution >= 4 is 18.3 Å². The first-order chi connectivity index (χ1) is 8.36. The van der Waals surface area contributed by atoms with Crippen LogP contribution in [-0.4, -0.2) is 46.8 Å². The van der Waals surface area contributed by atoms with E-state index in [0.29, 0.717) is 0 Å². The number of rotatable bonds is 1. The minimum atomic E-state index is 0. The van der Waals surface area contributed by atoms with Gasteiger partial charge in [-0.2, -0.15) is 5.10 Å². The smallest absolute Gasteiger partial charge is 0.257 e. The van der Waals surface area contributed by atoms with Gasteiger partial charge in [0.05, 0.1) is 17.5 Å². The van der Waals surface area contributed by atoms with E-state index >= 15 is 0 Å². The van der Waals surface area contributed by atoms with Gasteiger partial charge in [0.1, 0.15) is 0 Å². The Labute approximate surface area is 113 Å². The molecule has 1 saturated heterocycles. The van der Waals surface area contributed by atoms with Crippen molar-refractivity contribution in [2.24, 2.45) is 0 Å². The van der Waals surface area contributed by atoms with Gasteiger partial charge in [-0.05, 0) is 19.3 Å². The molecule has 2 aliphatic rings. The molecule has 0 radical (unpaired) electrons. The molecule has 0 spiro atoms. The van der Waals surface area contributed by atoms with Crippen LogP contribution in [0.25, 0.3) is 0 Å². The van der Waals surface area contributed by atoms with Gasteiger partial charge in [0.25, 0.3) is 5.91 Å². The number of carbonyl (C=O) groups is 1. The molecule has 0 aromatic carbocycles. The van der Waals surface area contributed by atoms with E-state index in [4.69, 9.17) is 0 Å². The molecule has 100 valence electrons. The van der Waals surface area contributed by atoms with Crippen LogP contribution in [0.4, 0.5) is 0 Å². The summed E-state index contributed by atoms with van der Waals surface area (Å²) in [5, 5.41) is 7.59. The lowest BCUT2D eigenvalue weighted by atomic mass is 10.1. The standard InChI is InChI=1S/C12H18N4O.ClH/c17-12(15-7-4-13-5-8-15)10-9-14-16-6-2-1-3-11(10)16;/h9,13H,1-8H2;1H. The second-order valence-corrected chi connectivity index (χ2v) is 4.73. The van der Waals surface area contributed by atoms with E-state index in [0.717, 1.165) is 50.4 Å². The van der Waals surface area contributed by atoms with Crippen molar-refractivity contribution in [3.8, 4) is 0 Å². The van der Waals surface area contributed by atoms with Crippen LogP contribution < -0.4 is 5.32 Å². The van der Waals surface area contributed by atoms with Crippen LogP contribution in [0.5, 0.6) is 0 Å². The van der Waals surface area contributed by atoms with Gasteiger partial charge < -0.3 is 10.2 Å². The summed E-state index contributed by atoms with van der Waals surface area (Å²) in [7, 11) is 0. The first-order valence-electron chi connectivity index (χ1n) is 6.41. The predicted octanol–water partition coefficient (Wildman–Crippen LogP) is 0.687. The third-order valence-electron chi connectivity index (χ3n) is 3.62. The molecule has 18 heavy (non-hydrogen) atoms. The summed E-state index contributed by atoms with van der Waals surface area (Å²) in [4.78, 5) is 14.3. The van der Waals surface area contributed by atoms with Gasteiger partial charge in [-0.25, -0.2) is 0 Å². The van der Waals surface area contributed by atoms with Crippen molar-refractivity contribution in [3.05, 3.63) is 17.5 Å². The fourth-order valence-corrected chi connectivity index (χ4v) is 2.64. The Morgan fingerprint density at radius 2 is 2.00 bits per heavy atom. The third-order valence-corrected chi connectivity index (χ3v) is 3.62. The Morgan fingerprint density at radius 3 is 2.78 bits per heavy atom. The van der Waals surface area contributed by atoms with Gasteiger partial charge in [-0.15, -0.1) is 12.4 Å². The number of piperazine rings is 1. The molecule has 0 aliphatic carbocycles. The lowest BCUT2D eigenvalue weighted by molar-refractivity contribution is 0.0734. The number of hydrogen-bond donors (Lipinski definition) is 1. The molecule has 0 saturated carbocycles. The SMILES string of the molecule is Cl.O=C(c1cnn2c1CCCC2)N1CCNCC1. The van der Waals surface area contributed by atoms with E-state index < -0.39 is 0 Å². The number of halogens is 1. The van der Waals surface area contributed by atoms with Crippen molar-refractivity contribution in [1.82, 2.24) is 20.0 Å². The molecule has 1 N–H and O–H groups in total. The van der Waals surface area contributed by atoms with Crippen LogP contribution in [0, 0.1) is 0 Å². The number of aromatic nitrogens is 2. The number of carbonyl (C=O) groups excluding carboxylic acids is 1. The van der Waals surface area contributed by atoms with Crippen LogP contribution in [-0.2, 0) is 13.0 Å². The largest absolute Gasteiger partial charge is 0.336 e. The minimum Gasteiger partial charge on any atom is -0.336 e. The molecule has 1 aromatic rings. The van der Waals surface area contributed by atoms with Gasteiger partial charge in [0, 0.05) is 32.7 Å². The highest BCUT2D eigenvalue weighted by Gasteiger charge is 2.24. The summed E-state index contributed by atoms with van der Waals surface area (Å²) < 4.78 is 2.00. The molecular weight excluding hydrogens is 252 g/mol. The molecule has 0 bridgehead atoms. The van der Waals surface area contributed by atoms with Crippen molar-refractivity contribution < 1.29 is 4.79 Å². The molecule has 1 fully saturated rings. The maximum atomic E-state index is 12.4. The Hall–Kier alpha value is -1.07. The number of fused-ring (bicyclic) bond motifs is 1.